The summed E-state index contributed by atoms with van der Waals surface area (Å²) >= 11 is 12.2. The van der Waals surface area contributed by atoms with E-state index in [0.717, 1.165) is 31.6 Å². The van der Waals surface area contributed by atoms with E-state index in [1.165, 1.54) is 5.56 Å². The molecule has 1 aliphatic heterocycles. The van der Waals surface area contributed by atoms with Crippen LogP contribution < -0.4 is 0 Å². The SMILES string of the molecule is Clc1cc(Cl)c2oc(C3=CCN(Cc4ccccc4)CC3)nc2c1. The van der Waals surface area contributed by atoms with Crippen LogP contribution >= 0.6 is 23.2 Å². The largest absolute Gasteiger partial charge is 0.435 e. The molecule has 1 aliphatic rings. The fourth-order valence-electron chi connectivity index (χ4n) is 2.99. The van der Waals surface area contributed by atoms with Crippen LogP contribution in [0.3, 0.4) is 0 Å². The maximum atomic E-state index is 6.18. The molecule has 0 bridgehead atoms. The van der Waals surface area contributed by atoms with E-state index in [2.05, 4.69) is 40.2 Å². The van der Waals surface area contributed by atoms with Crippen molar-refractivity contribution in [2.24, 2.45) is 0 Å². The highest BCUT2D eigenvalue weighted by molar-refractivity contribution is 6.38. The highest BCUT2D eigenvalue weighted by Gasteiger charge is 2.18. The van der Waals surface area contributed by atoms with Gasteiger partial charge in [0.15, 0.2) is 5.58 Å². The predicted molar refractivity (Wildman–Crippen MR) is 98.3 cm³/mol. The zero-order chi connectivity index (χ0) is 16.5. The molecule has 0 N–H and O–H groups in total. The van der Waals surface area contributed by atoms with E-state index in [1.807, 2.05) is 6.07 Å². The Morgan fingerprint density at radius 3 is 2.71 bits per heavy atom. The van der Waals surface area contributed by atoms with Crippen molar-refractivity contribution in [2.75, 3.05) is 13.1 Å². The van der Waals surface area contributed by atoms with Gasteiger partial charge in [-0.15, -0.1) is 0 Å². The van der Waals surface area contributed by atoms with Crippen LogP contribution in [0.25, 0.3) is 16.7 Å². The zero-order valence-corrected chi connectivity index (χ0v) is 14.5. The second-order valence-corrected chi connectivity index (χ2v) is 6.80. The Bertz CT molecular complexity index is 902. The molecule has 2 heterocycles. The van der Waals surface area contributed by atoms with Crippen LogP contribution in [0.1, 0.15) is 17.9 Å². The normalized spacial score (nSPS) is 15.7. The molecule has 0 unspecified atom stereocenters. The van der Waals surface area contributed by atoms with Crippen LogP contribution in [-0.2, 0) is 6.54 Å². The van der Waals surface area contributed by atoms with Crippen molar-refractivity contribution in [2.45, 2.75) is 13.0 Å². The molecule has 3 aromatic rings. The van der Waals surface area contributed by atoms with E-state index >= 15 is 0 Å². The molecule has 0 fully saturated rings. The summed E-state index contributed by atoms with van der Waals surface area (Å²) < 4.78 is 5.86. The number of fused-ring (bicyclic) bond motifs is 1. The standard InChI is InChI=1S/C19H16Cl2N2O/c20-15-10-16(21)18-17(11-15)22-19(24-18)14-6-8-23(9-7-14)12-13-4-2-1-3-5-13/h1-6,10-11H,7-9,12H2. The van der Waals surface area contributed by atoms with Gasteiger partial charge in [0.1, 0.15) is 5.52 Å². The number of benzene rings is 2. The second-order valence-electron chi connectivity index (χ2n) is 5.95. The molecular weight excluding hydrogens is 343 g/mol. The fraction of sp³-hybridized carbons (Fsp3) is 0.211. The van der Waals surface area contributed by atoms with Gasteiger partial charge < -0.3 is 4.42 Å². The van der Waals surface area contributed by atoms with Gasteiger partial charge in [0, 0.05) is 30.2 Å². The van der Waals surface area contributed by atoms with E-state index in [1.54, 1.807) is 12.1 Å². The van der Waals surface area contributed by atoms with Crippen LogP contribution in [0.5, 0.6) is 0 Å². The Kier molecular flexibility index (Phi) is 4.31. The van der Waals surface area contributed by atoms with Crippen LogP contribution in [0, 0.1) is 0 Å². The van der Waals surface area contributed by atoms with Gasteiger partial charge in [0.05, 0.1) is 5.02 Å². The van der Waals surface area contributed by atoms with Crippen molar-refractivity contribution in [3.05, 3.63) is 70.0 Å². The zero-order valence-electron chi connectivity index (χ0n) is 13.0. The van der Waals surface area contributed by atoms with Gasteiger partial charge in [0.25, 0.3) is 0 Å². The van der Waals surface area contributed by atoms with E-state index in [-0.39, 0.29) is 0 Å². The van der Waals surface area contributed by atoms with Crippen molar-refractivity contribution >= 4 is 39.9 Å². The lowest BCUT2D eigenvalue weighted by atomic mass is 10.1. The number of oxazole rings is 1. The summed E-state index contributed by atoms with van der Waals surface area (Å²) in [6.07, 6.45) is 3.09. The van der Waals surface area contributed by atoms with Crippen molar-refractivity contribution in [1.29, 1.82) is 0 Å². The van der Waals surface area contributed by atoms with Gasteiger partial charge in [-0.25, -0.2) is 4.98 Å². The average molecular weight is 359 g/mol. The lowest BCUT2D eigenvalue weighted by Gasteiger charge is -2.25. The average Bonchev–Trinajstić information content (AvgIpc) is 3.01. The van der Waals surface area contributed by atoms with Crippen molar-refractivity contribution in [1.82, 2.24) is 9.88 Å². The van der Waals surface area contributed by atoms with Gasteiger partial charge >= 0.3 is 0 Å². The predicted octanol–water partition coefficient (Wildman–Crippen LogP) is 5.42. The molecule has 0 saturated heterocycles. The molecule has 5 heteroatoms. The van der Waals surface area contributed by atoms with Gasteiger partial charge in [-0.2, -0.15) is 0 Å². The van der Waals surface area contributed by atoms with E-state index < -0.39 is 0 Å². The van der Waals surface area contributed by atoms with Gasteiger partial charge in [-0.3, -0.25) is 4.90 Å². The van der Waals surface area contributed by atoms with Crippen molar-refractivity contribution in [3.8, 4) is 0 Å². The number of hydrogen-bond donors (Lipinski definition) is 0. The van der Waals surface area contributed by atoms with Crippen molar-refractivity contribution < 1.29 is 4.42 Å². The number of rotatable bonds is 3. The summed E-state index contributed by atoms with van der Waals surface area (Å²) in [6, 6.07) is 14.0. The third-order valence-corrected chi connectivity index (χ3v) is 4.73. The highest BCUT2D eigenvalue weighted by Crippen LogP contribution is 2.32. The summed E-state index contributed by atoms with van der Waals surface area (Å²) in [4.78, 5) is 6.95. The van der Waals surface area contributed by atoms with Crippen LogP contribution in [0.4, 0.5) is 0 Å². The van der Waals surface area contributed by atoms with Crippen LogP contribution in [0.2, 0.25) is 10.0 Å². The first-order valence-electron chi connectivity index (χ1n) is 7.90. The van der Waals surface area contributed by atoms with Gasteiger partial charge in [-0.1, -0.05) is 59.6 Å². The maximum absolute atomic E-state index is 6.18. The van der Waals surface area contributed by atoms with E-state index in [4.69, 9.17) is 27.6 Å². The third kappa shape index (κ3) is 3.20. The summed E-state index contributed by atoms with van der Waals surface area (Å²) in [7, 11) is 0. The molecule has 0 amide bonds. The van der Waals surface area contributed by atoms with Crippen LogP contribution in [0.15, 0.2) is 53.0 Å². The van der Waals surface area contributed by atoms with Crippen LogP contribution in [-0.4, -0.2) is 23.0 Å². The topological polar surface area (TPSA) is 29.3 Å². The molecule has 0 atom stereocenters. The van der Waals surface area contributed by atoms with E-state index in [9.17, 15) is 0 Å². The lowest BCUT2D eigenvalue weighted by molar-refractivity contribution is 0.292. The highest BCUT2D eigenvalue weighted by atomic mass is 35.5. The monoisotopic (exact) mass is 358 g/mol. The quantitative estimate of drug-likeness (QED) is 0.625. The molecule has 24 heavy (non-hydrogen) atoms. The van der Waals surface area contributed by atoms with E-state index in [0.29, 0.717) is 27.0 Å². The second kappa shape index (κ2) is 6.60. The number of halogens is 2. The smallest absolute Gasteiger partial charge is 0.223 e. The minimum Gasteiger partial charge on any atom is -0.435 e. The maximum Gasteiger partial charge on any atom is 0.223 e. The fourth-order valence-corrected chi connectivity index (χ4v) is 3.51. The molecule has 0 spiro atoms. The summed E-state index contributed by atoms with van der Waals surface area (Å²) in [5.41, 5.74) is 3.76. The number of aromatic nitrogens is 1. The summed E-state index contributed by atoms with van der Waals surface area (Å²) in [6.45, 7) is 2.82. The summed E-state index contributed by atoms with van der Waals surface area (Å²) in [5.74, 6) is 0.647. The Morgan fingerprint density at radius 2 is 1.96 bits per heavy atom. The van der Waals surface area contributed by atoms with Crippen molar-refractivity contribution in [3.63, 3.8) is 0 Å². The minimum absolute atomic E-state index is 0.498. The molecular formula is C19H16Cl2N2O. The first-order valence-corrected chi connectivity index (χ1v) is 8.66. The molecule has 0 aliphatic carbocycles. The lowest BCUT2D eigenvalue weighted by Crippen LogP contribution is -2.28. The number of nitrogens with zero attached hydrogens (tertiary/aromatic N) is 2. The molecule has 1 aromatic heterocycles. The first kappa shape index (κ1) is 15.7. The molecule has 0 radical (unpaired) electrons. The molecule has 0 saturated carbocycles. The first-order chi connectivity index (χ1) is 11.7. The number of hydrogen-bond acceptors (Lipinski definition) is 3. The van der Waals surface area contributed by atoms with Gasteiger partial charge in [-0.05, 0) is 24.1 Å². The third-order valence-electron chi connectivity index (χ3n) is 4.23. The Hall–Kier alpha value is -1.81. The summed E-state index contributed by atoms with van der Waals surface area (Å²) in [5, 5.41) is 1.07. The molecule has 4 rings (SSSR count). The molecule has 122 valence electrons. The Morgan fingerprint density at radius 1 is 1.12 bits per heavy atom. The Balaban J connectivity index is 1.53. The molecule has 3 nitrogen and oxygen atoms in total. The Labute approximate surface area is 150 Å². The van der Waals surface area contributed by atoms with Gasteiger partial charge in [0.2, 0.25) is 5.89 Å². The molecule has 2 aromatic carbocycles. The minimum atomic E-state index is 0.498.